The second-order valence-electron chi connectivity index (χ2n) is 5.10. The minimum Gasteiger partial charge on any atom is -0.338 e. The van der Waals surface area contributed by atoms with Crippen molar-refractivity contribution in [2.75, 3.05) is 18.0 Å². The summed E-state index contributed by atoms with van der Waals surface area (Å²) in [6, 6.07) is 4.53. The van der Waals surface area contributed by atoms with Crippen LogP contribution in [0, 0.1) is 0 Å². The molecule has 0 spiro atoms. The van der Waals surface area contributed by atoms with Gasteiger partial charge in [0.25, 0.3) is 0 Å². The molecule has 0 bridgehead atoms. The standard InChI is InChI=1S/C16H23F3N2O/c1-3-5-6-7-11-21(15(22)20-4-2)14-10-8-9-13(12-14)16(17,18)19/h8-10,12H,3-7,11H2,1-2H3,(H,20,22). The number of unbranched alkanes of at least 4 members (excludes halogenated alkanes) is 3. The van der Waals surface area contributed by atoms with Crippen molar-refractivity contribution < 1.29 is 18.0 Å². The van der Waals surface area contributed by atoms with E-state index in [1.165, 1.54) is 17.0 Å². The summed E-state index contributed by atoms with van der Waals surface area (Å²) in [6.45, 7) is 4.70. The molecule has 0 aromatic heterocycles. The number of amides is 2. The first kappa shape index (κ1) is 18.3. The zero-order valence-corrected chi connectivity index (χ0v) is 13.0. The van der Waals surface area contributed by atoms with Crippen LogP contribution >= 0.6 is 0 Å². The highest BCUT2D eigenvalue weighted by Crippen LogP contribution is 2.31. The summed E-state index contributed by atoms with van der Waals surface area (Å²) >= 11 is 0. The maximum atomic E-state index is 12.8. The average molecular weight is 316 g/mol. The molecule has 2 amide bonds. The van der Waals surface area contributed by atoms with Crippen LogP contribution in [0.2, 0.25) is 0 Å². The predicted octanol–water partition coefficient (Wildman–Crippen LogP) is 4.82. The van der Waals surface area contributed by atoms with Gasteiger partial charge in [0, 0.05) is 18.8 Å². The molecule has 1 aromatic rings. The maximum Gasteiger partial charge on any atom is 0.416 e. The van der Waals surface area contributed by atoms with Crippen LogP contribution in [-0.2, 0) is 6.18 Å². The van der Waals surface area contributed by atoms with Crippen molar-refractivity contribution >= 4 is 11.7 Å². The monoisotopic (exact) mass is 316 g/mol. The largest absolute Gasteiger partial charge is 0.416 e. The number of nitrogens with zero attached hydrogens (tertiary/aromatic N) is 1. The van der Waals surface area contributed by atoms with Crippen LogP contribution in [0.4, 0.5) is 23.7 Å². The van der Waals surface area contributed by atoms with E-state index in [4.69, 9.17) is 0 Å². The molecular weight excluding hydrogens is 293 g/mol. The van der Waals surface area contributed by atoms with Crippen LogP contribution in [0.3, 0.4) is 0 Å². The van der Waals surface area contributed by atoms with E-state index in [0.29, 0.717) is 13.1 Å². The van der Waals surface area contributed by atoms with Crippen molar-refractivity contribution in [3.8, 4) is 0 Å². The molecule has 1 N–H and O–H groups in total. The van der Waals surface area contributed by atoms with E-state index in [9.17, 15) is 18.0 Å². The molecule has 0 saturated carbocycles. The van der Waals surface area contributed by atoms with Crippen LogP contribution in [0.25, 0.3) is 0 Å². The molecule has 0 radical (unpaired) electrons. The van der Waals surface area contributed by atoms with E-state index in [2.05, 4.69) is 12.2 Å². The summed E-state index contributed by atoms with van der Waals surface area (Å²) in [4.78, 5) is 13.5. The number of hydrogen-bond acceptors (Lipinski definition) is 1. The van der Waals surface area contributed by atoms with Gasteiger partial charge in [-0.3, -0.25) is 4.90 Å². The third-order valence-corrected chi connectivity index (χ3v) is 3.29. The first-order valence-electron chi connectivity index (χ1n) is 7.62. The number of alkyl halides is 3. The van der Waals surface area contributed by atoms with E-state index >= 15 is 0 Å². The molecule has 0 atom stereocenters. The third-order valence-electron chi connectivity index (χ3n) is 3.29. The second-order valence-corrected chi connectivity index (χ2v) is 5.10. The van der Waals surface area contributed by atoms with Crippen LogP contribution in [0.5, 0.6) is 0 Å². The topological polar surface area (TPSA) is 32.3 Å². The van der Waals surface area contributed by atoms with Crippen LogP contribution in [0.1, 0.15) is 45.1 Å². The molecule has 124 valence electrons. The summed E-state index contributed by atoms with van der Waals surface area (Å²) in [5, 5.41) is 2.65. The number of carbonyl (C=O) groups is 1. The number of halogens is 3. The van der Waals surface area contributed by atoms with Gasteiger partial charge in [-0.1, -0.05) is 32.3 Å². The number of anilines is 1. The molecule has 0 heterocycles. The average Bonchev–Trinajstić information content (AvgIpc) is 2.47. The molecule has 1 rings (SSSR count). The molecule has 0 aliphatic carbocycles. The fourth-order valence-corrected chi connectivity index (χ4v) is 2.14. The number of benzene rings is 1. The minimum absolute atomic E-state index is 0.275. The van der Waals surface area contributed by atoms with E-state index in [-0.39, 0.29) is 11.7 Å². The van der Waals surface area contributed by atoms with Gasteiger partial charge < -0.3 is 5.32 Å². The zero-order valence-electron chi connectivity index (χ0n) is 13.0. The lowest BCUT2D eigenvalue weighted by Crippen LogP contribution is -2.40. The number of rotatable bonds is 7. The number of urea groups is 1. The second kappa shape index (κ2) is 8.66. The molecule has 0 aliphatic rings. The normalized spacial score (nSPS) is 11.3. The van der Waals surface area contributed by atoms with Gasteiger partial charge >= 0.3 is 12.2 Å². The first-order chi connectivity index (χ1) is 10.4. The van der Waals surface area contributed by atoms with Crippen molar-refractivity contribution in [2.24, 2.45) is 0 Å². The Balaban J connectivity index is 2.92. The Hall–Kier alpha value is -1.72. The smallest absolute Gasteiger partial charge is 0.338 e. The summed E-state index contributed by atoms with van der Waals surface area (Å²) in [7, 11) is 0. The minimum atomic E-state index is -4.41. The molecule has 0 unspecified atom stereocenters. The summed E-state index contributed by atoms with van der Waals surface area (Å²) in [5.74, 6) is 0. The van der Waals surface area contributed by atoms with Crippen LogP contribution in [-0.4, -0.2) is 19.1 Å². The Morgan fingerprint density at radius 1 is 1.18 bits per heavy atom. The molecule has 0 fully saturated rings. The summed E-state index contributed by atoms with van der Waals surface area (Å²) in [6.07, 6.45) is -0.589. The van der Waals surface area contributed by atoms with Crippen molar-refractivity contribution in [3.05, 3.63) is 29.8 Å². The zero-order chi connectivity index (χ0) is 16.6. The summed E-state index contributed by atoms with van der Waals surface area (Å²) in [5.41, 5.74) is -0.467. The predicted molar refractivity (Wildman–Crippen MR) is 82.0 cm³/mol. The fraction of sp³-hybridized carbons (Fsp3) is 0.562. The Labute approximate surface area is 129 Å². The quantitative estimate of drug-likeness (QED) is 0.719. The molecule has 22 heavy (non-hydrogen) atoms. The van der Waals surface area contributed by atoms with Crippen molar-refractivity contribution in [3.63, 3.8) is 0 Å². The van der Waals surface area contributed by atoms with Gasteiger partial charge in [0.05, 0.1) is 5.56 Å². The Morgan fingerprint density at radius 3 is 2.50 bits per heavy atom. The van der Waals surface area contributed by atoms with E-state index in [1.807, 2.05) is 0 Å². The van der Waals surface area contributed by atoms with Gasteiger partial charge in [-0.25, -0.2) is 4.79 Å². The lowest BCUT2D eigenvalue weighted by molar-refractivity contribution is -0.137. The molecule has 0 saturated heterocycles. The van der Waals surface area contributed by atoms with Gasteiger partial charge in [0.1, 0.15) is 0 Å². The number of carbonyl (C=O) groups excluding carboxylic acids is 1. The molecule has 1 aromatic carbocycles. The third kappa shape index (κ3) is 5.58. The van der Waals surface area contributed by atoms with Gasteiger partial charge in [-0.15, -0.1) is 0 Å². The van der Waals surface area contributed by atoms with Crippen molar-refractivity contribution in [1.29, 1.82) is 0 Å². The molecule has 6 heteroatoms. The maximum absolute atomic E-state index is 12.8. The first-order valence-corrected chi connectivity index (χ1v) is 7.62. The van der Waals surface area contributed by atoms with Crippen molar-refractivity contribution in [1.82, 2.24) is 5.32 Å². The van der Waals surface area contributed by atoms with Gasteiger partial charge in [-0.2, -0.15) is 13.2 Å². The summed E-state index contributed by atoms with van der Waals surface area (Å²) < 4.78 is 38.4. The van der Waals surface area contributed by atoms with E-state index in [1.54, 1.807) is 6.92 Å². The highest BCUT2D eigenvalue weighted by atomic mass is 19.4. The number of nitrogens with one attached hydrogen (secondary N) is 1. The van der Waals surface area contributed by atoms with Gasteiger partial charge in [0.2, 0.25) is 0 Å². The molecular formula is C16H23F3N2O. The lowest BCUT2D eigenvalue weighted by Gasteiger charge is -2.24. The lowest BCUT2D eigenvalue weighted by atomic mass is 10.1. The van der Waals surface area contributed by atoms with Gasteiger partial charge in [-0.05, 0) is 31.5 Å². The Bertz CT molecular complexity index is 475. The SMILES string of the molecule is CCCCCCN(C(=O)NCC)c1cccc(C(F)(F)F)c1. The van der Waals surface area contributed by atoms with Crippen LogP contribution in [0.15, 0.2) is 24.3 Å². The highest BCUT2D eigenvalue weighted by molar-refractivity contribution is 5.92. The Morgan fingerprint density at radius 2 is 1.91 bits per heavy atom. The van der Waals surface area contributed by atoms with E-state index < -0.39 is 11.7 Å². The van der Waals surface area contributed by atoms with E-state index in [0.717, 1.165) is 37.8 Å². The highest BCUT2D eigenvalue weighted by Gasteiger charge is 2.31. The fourth-order valence-electron chi connectivity index (χ4n) is 2.14. The number of hydrogen-bond donors (Lipinski definition) is 1. The van der Waals surface area contributed by atoms with Crippen molar-refractivity contribution in [2.45, 2.75) is 45.7 Å². The Kier molecular flexibility index (Phi) is 7.21. The molecule has 3 nitrogen and oxygen atoms in total. The van der Waals surface area contributed by atoms with Gasteiger partial charge in [0.15, 0.2) is 0 Å². The van der Waals surface area contributed by atoms with Crippen LogP contribution < -0.4 is 10.2 Å². The molecule has 0 aliphatic heterocycles.